The van der Waals surface area contributed by atoms with E-state index in [1.54, 1.807) is 0 Å². The average Bonchev–Trinajstić information content (AvgIpc) is 2.05. The van der Waals surface area contributed by atoms with Crippen LogP contribution in [0.5, 0.6) is 0 Å². The molecule has 0 spiro atoms. The Hall–Kier alpha value is -0.0231. The van der Waals surface area contributed by atoms with Gasteiger partial charge in [0.05, 0.1) is 0 Å². The fraction of sp³-hybridized carbons (Fsp3) is 0.875. The second kappa shape index (κ2) is 3.79. The summed E-state index contributed by atoms with van der Waals surface area (Å²) in [7, 11) is -1.59. The van der Waals surface area contributed by atoms with Crippen molar-refractivity contribution in [3.63, 3.8) is 0 Å². The molecule has 2 nitrogen and oxygen atoms in total. The zero-order valence-corrected chi connectivity index (χ0v) is 9.52. The van der Waals surface area contributed by atoms with E-state index in [2.05, 4.69) is 13.1 Å². The first-order valence-corrected chi connectivity index (χ1v) is 8.13. The van der Waals surface area contributed by atoms with E-state index in [9.17, 15) is 4.79 Å². The van der Waals surface area contributed by atoms with Crippen molar-refractivity contribution in [1.29, 1.82) is 0 Å². The summed E-state index contributed by atoms with van der Waals surface area (Å²) in [6.45, 7) is 5.25. The van der Waals surface area contributed by atoms with Crippen LogP contribution in [-0.4, -0.2) is 30.8 Å². The summed E-state index contributed by atoms with van der Waals surface area (Å²) in [6.07, 6.45) is 2.94. The molecule has 1 heterocycles. The molecule has 4 heteroatoms. The molecule has 1 fully saturated rings. The van der Waals surface area contributed by atoms with Crippen molar-refractivity contribution in [1.82, 2.24) is 4.57 Å². The number of halogens is 1. The highest BCUT2D eigenvalue weighted by molar-refractivity contribution is 6.82. The third kappa shape index (κ3) is 2.01. The molecule has 0 radical (unpaired) electrons. The molecule has 12 heavy (non-hydrogen) atoms. The summed E-state index contributed by atoms with van der Waals surface area (Å²) in [6, 6.07) is 0. The molecule has 0 bridgehead atoms. The van der Waals surface area contributed by atoms with Crippen molar-refractivity contribution in [3.05, 3.63) is 0 Å². The first-order chi connectivity index (χ1) is 5.58. The van der Waals surface area contributed by atoms with Gasteiger partial charge in [0.25, 0.3) is 0 Å². The molecule has 0 aromatic rings. The lowest BCUT2D eigenvalue weighted by atomic mass is 10.2. The summed E-state index contributed by atoms with van der Waals surface area (Å²) in [4.78, 5) is 11.5. The maximum Gasteiger partial charge on any atom is 0.214 e. The summed E-state index contributed by atoms with van der Waals surface area (Å²) in [5.74, 6) is 0.318. The van der Waals surface area contributed by atoms with E-state index in [4.69, 9.17) is 11.6 Å². The fourth-order valence-corrected chi connectivity index (χ4v) is 3.65. The van der Waals surface area contributed by atoms with Crippen molar-refractivity contribution in [3.8, 4) is 0 Å². The summed E-state index contributed by atoms with van der Waals surface area (Å²) >= 11 is 5.86. The van der Waals surface area contributed by atoms with Crippen LogP contribution in [0.1, 0.15) is 19.3 Å². The second-order valence-corrected chi connectivity index (χ2v) is 9.18. The Kier molecular flexibility index (Phi) is 3.18. The van der Waals surface area contributed by atoms with E-state index in [1.807, 2.05) is 4.57 Å². The highest BCUT2D eigenvalue weighted by atomic mass is 35.5. The van der Waals surface area contributed by atoms with Crippen molar-refractivity contribution in [2.45, 2.75) is 32.4 Å². The first kappa shape index (κ1) is 10.1. The number of hydrogen-bond acceptors (Lipinski definition) is 1. The average molecular weight is 206 g/mol. The molecule has 1 saturated heterocycles. The Labute approximate surface area is 80.0 Å². The number of rotatable bonds is 2. The van der Waals surface area contributed by atoms with Gasteiger partial charge in [0.2, 0.25) is 5.91 Å². The fourth-order valence-electron chi connectivity index (χ4n) is 1.52. The van der Waals surface area contributed by atoms with Gasteiger partial charge in [0.15, 0.2) is 8.24 Å². The van der Waals surface area contributed by atoms with Gasteiger partial charge in [-0.05, 0) is 12.8 Å². The van der Waals surface area contributed by atoms with E-state index in [-0.39, 0.29) is 0 Å². The number of carbonyl (C=O) groups excluding carboxylic acids is 1. The van der Waals surface area contributed by atoms with Crippen LogP contribution >= 0.6 is 11.6 Å². The predicted molar refractivity (Wildman–Crippen MR) is 53.8 cm³/mol. The second-order valence-electron chi connectivity index (χ2n) is 3.95. The molecule has 0 aromatic heterocycles. The largest absolute Gasteiger partial charge is 0.369 e. The zero-order valence-electron chi connectivity index (χ0n) is 7.77. The number of hydrogen-bond donors (Lipinski definition) is 0. The van der Waals surface area contributed by atoms with E-state index >= 15 is 0 Å². The van der Waals surface area contributed by atoms with Gasteiger partial charge in [0, 0.05) is 18.5 Å². The standard InChI is InChI=1S/C8H16ClNOSi/c1-12(2,7-9)10-6-4-3-5-8(10)11/h3-7H2,1-2H3. The van der Waals surface area contributed by atoms with Crippen LogP contribution in [-0.2, 0) is 4.79 Å². The van der Waals surface area contributed by atoms with Crippen molar-refractivity contribution >= 4 is 25.7 Å². The van der Waals surface area contributed by atoms with Gasteiger partial charge < -0.3 is 4.57 Å². The minimum absolute atomic E-state index is 0.318. The van der Waals surface area contributed by atoms with Crippen molar-refractivity contribution in [2.24, 2.45) is 0 Å². The zero-order chi connectivity index (χ0) is 9.19. The lowest BCUT2D eigenvalue weighted by molar-refractivity contribution is -0.128. The first-order valence-electron chi connectivity index (χ1n) is 4.44. The minimum Gasteiger partial charge on any atom is -0.369 e. The molecule has 0 aromatic carbocycles. The van der Waals surface area contributed by atoms with E-state index in [0.29, 0.717) is 11.4 Å². The van der Waals surface area contributed by atoms with Crippen molar-refractivity contribution in [2.75, 3.05) is 12.0 Å². The minimum atomic E-state index is -1.59. The number of amides is 1. The van der Waals surface area contributed by atoms with Crippen molar-refractivity contribution < 1.29 is 4.79 Å². The Morgan fingerprint density at radius 2 is 2.17 bits per heavy atom. The molecule has 0 saturated carbocycles. The van der Waals surface area contributed by atoms with E-state index < -0.39 is 8.24 Å². The Bertz CT molecular complexity index is 184. The molecule has 70 valence electrons. The smallest absolute Gasteiger partial charge is 0.214 e. The number of nitrogens with zero attached hydrogens (tertiary/aromatic N) is 1. The van der Waals surface area contributed by atoms with E-state index in [0.717, 1.165) is 25.8 Å². The van der Waals surface area contributed by atoms with Gasteiger partial charge in [-0.15, -0.1) is 11.6 Å². The van der Waals surface area contributed by atoms with Gasteiger partial charge in [-0.25, -0.2) is 0 Å². The highest BCUT2D eigenvalue weighted by Gasteiger charge is 2.33. The van der Waals surface area contributed by atoms with Gasteiger partial charge in [0.1, 0.15) is 0 Å². The number of alkyl halides is 1. The lowest BCUT2D eigenvalue weighted by Gasteiger charge is -2.38. The van der Waals surface area contributed by atoms with Crippen LogP contribution in [0, 0.1) is 0 Å². The summed E-state index contributed by atoms with van der Waals surface area (Å²) < 4.78 is 2.05. The third-order valence-electron chi connectivity index (χ3n) is 2.38. The molecular formula is C8H16ClNOSi. The molecule has 0 atom stereocenters. The Morgan fingerprint density at radius 1 is 1.50 bits per heavy atom. The normalized spacial score (nSPS) is 19.9. The molecule has 1 rings (SSSR count). The van der Waals surface area contributed by atoms with Crippen LogP contribution < -0.4 is 0 Å². The van der Waals surface area contributed by atoms with Crippen LogP contribution in [0.2, 0.25) is 13.1 Å². The molecule has 0 N–H and O–H groups in total. The lowest BCUT2D eigenvalue weighted by Crippen LogP contribution is -2.55. The predicted octanol–water partition coefficient (Wildman–Crippen LogP) is 1.98. The molecule has 1 amide bonds. The Balaban J connectivity index is 2.65. The quantitative estimate of drug-likeness (QED) is 0.499. The topological polar surface area (TPSA) is 20.3 Å². The number of carbonyl (C=O) groups is 1. The van der Waals surface area contributed by atoms with Crippen LogP contribution in [0.15, 0.2) is 0 Å². The molecular weight excluding hydrogens is 190 g/mol. The molecule has 1 aliphatic heterocycles. The van der Waals surface area contributed by atoms with Gasteiger partial charge in [-0.2, -0.15) is 0 Å². The molecule has 0 unspecified atom stereocenters. The van der Waals surface area contributed by atoms with Crippen LogP contribution in [0.3, 0.4) is 0 Å². The molecule has 1 aliphatic rings. The van der Waals surface area contributed by atoms with Crippen LogP contribution in [0.4, 0.5) is 0 Å². The highest BCUT2D eigenvalue weighted by Crippen LogP contribution is 2.19. The van der Waals surface area contributed by atoms with Gasteiger partial charge in [-0.3, -0.25) is 4.79 Å². The third-order valence-corrected chi connectivity index (χ3v) is 6.93. The van der Waals surface area contributed by atoms with Gasteiger partial charge >= 0.3 is 0 Å². The van der Waals surface area contributed by atoms with Crippen LogP contribution in [0.25, 0.3) is 0 Å². The monoisotopic (exact) mass is 205 g/mol. The van der Waals surface area contributed by atoms with E-state index in [1.165, 1.54) is 0 Å². The summed E-state index contributed by atoms with van der Waals surface area (Å²) in [5.41, 5.74) is 0.652. The number of piperidine rings is 1. The van der Waals surface area contributed by atoms with Gasteiger partial charge in [-0.1, -0.05) is 13.1 Å². The Morgan fingerprint density at radius 3 is 2.67 bits per heavy atom. The summed E-state index contributed by atoms with van der Waals surface area (Å²) in [5, 5.41) is 0. The maximum absolute atomic E-state index is 11.5. The SMILES string of the molecule is C[Si](C)(CCl)N1CCCCC1=O. The molecule has 0 aliphatic carbocycles. The maximum atomic E-state index is 11.5.